The Hall–Kier alpha value is -11.4. The number of ether oxygens (including phenoxy) is 4. The number of hydrogen-bond acceptors (Lipinski definition) is 20. The summed E-state index contributed by atoms with van der Waals surface area (Å²) in [5.74, 6) is -8.81. The van der Waals surface area contributed by atoms with E-state index in [-0.39, 0.29) is 62.6 Å². The van der Waals surface area contributed by atoms with Gasteiger partial charge in [-0.3, -0.25) is 19.2 Å². The van der Waals surface area contributed by atoms with E-state index in [1.807, 2.05) is 135 Å². The molecule has 734 valence electrons. The zero-order valence-corrected chi connectivity index (χ0v) is 79.8. The predicted octanol–water partition coefficient (Wildman–Crippen LogP) is 11.0. The number of amides is 8. The van der Waals surface area contributed by atoms with Gasteiger partial charge in [0.2, 0.25) is 23.6 Å². The normalized spacial score (nSPS) is 16.9. The third-order valence-electron chi connectivity index (χ3n) is 24.0. The van der Waals surface area contributed by atoms with E-state index in [1.165, 1.54) is 43.0 Å². The molecule has 0 saturated carbocycles. The molecule has 40 heteroatoms. The second-order valence-corrected chi connectivity index (χ2v) is 39.4. The minimum absolute atomic E-state index is 0.125. The van der Waals surface area contributed by atoms with Crippen LogP contribution in [0.25, 0.3) is 45.0 Å². The third-order valence-corrected chi connectivity index (χ3v) is 24.0. The molecular weight excluding hydrogens is 1770 g/mol. The van der Waals surface area contributed by atoms with Gasteiger partial charge < -0.3 is 80.5 Å². The Balaban J connectivity index is 0.000000173. The molecule has 6 aliphatic heterocycles. The van der Waals surface area contributed by atoms with Crippen LogP contribution >= 0.6 is 0 Å². The number of fused-ring (bicyclic) bond motifs is 4. The number of carbonyl (C=O) groups is 8. The number of β-amino-alcohol motifs (C(OH)–C–C–N with tert-alkyl or cyclic N) is 1. The number of aliphatic hydroxyl groups is 1. The monoisotopic (exact) mass is 1890 g/mol. The summed E-state index contributed by atoms with van der Waals surface area (Å²) >= 11 is 0. The molecule has 0 spiro atoms. The van der Waals surface area contributed by atoms with Crippen LogP contribution in [0.15, 0.2) is 72.8 Å². The maximum atomic E-state index is 13.9. The SMILES string of the molecule is CC(C)(C)[C@H](NC(=O)n1nc(-c2ccc(F)c(F)c2)c2c1CCOC2)C(=O)N1CC[C@H](O)C1.CN(C)C1CCN(C(=O)[C@@H](NC(=O)n2nc(-c3ccc(F)c(F)c3)c3c2CCOC3)C(C)(C)C)C1.CN(C)CCCNC(=O)[C@@H](NC(=O)n1nc(-c2ccc(F)c(F)c2)c2c1CCOC2)C(C)(C)C.CN(C)CCNC(=O)[C@@H](NC(=O)n1nc(-c2ccc(F)c(F)c2)c2c1CCOC2)C(C)(C)C. The summed E-state index contributed by atoms with van der Waals surface area (Å²) in [6.07, 6.45) is 3.30. The van der Waals surface area contributed by atoms with Crippen molar-refractivity contribution in [2.24, 2.45) is 21.7 Å². The smallest absolute Gasteiger partial charge is 0.343 e. The highest BCUT2D eigenvalue weighted by atomic mass is 19.2. The molecule has 10 heterocycles. The van der Waals surface area contributed by atoms with Crippen molar-refractivity contribution < 1.29 is 97.5 Å². The van der Waals surface area contributed by atoms with Crippen LogP contribution in [-0.4, -0.2) is 274 Å². The van der Waals surface area contributed by atoms with Crippen LogP contribution in [0, 0.1) is 68.2 Å². The zero-order chi connectivity index (χ0) is 98.8. The van der Waals surface area contributed by atoms with E-state index in [9.17, 15) is 78.6 Å². The van der Waals surface area contributed by atoms with Crippen LogP contribution in [0.3, 0.4) is 0 Å². The number of nitrogens with zero attached hydrogens (tertiary/aromatic N) is 13. The van der Waals surface area contributed by atoms with Crippen molar-refractivity contribution in [3.05, 3.63) is 164 Å². The Morgan fingerprint density at radius 3 is 0.933 bits per heavy atom. The van der Waals surface area contributed by atoms with Crippen molar-refractivity contribution in [2.75, 3.05) is 121 Å². The van der Waals surface area contributed by atoms with Crippen LogP contribution in [0.2, 0.25) is 0 Å². The molecule has 135 heavy (non-hydrogen) atoms. The number of hydrogen-bond donors (Lipinski definition) is 7. The highest BCUT2D eigenvalue weighted by molar-refractivity contribution is 5.92. The van der Waals surface area contributed by atoms with Crippen LogP contribution in [0.4, 0.5) is 54.3 Å². The highest BCUT2D eigenvalue weighted by Crippen LogP contribution is 2.37. The number of aromatic nitrogens is 8. The fraction of sp³-hybridized carbons (Fsp3) is 0.537. The Morgan fingerprint density at radius 2 is 0.674 bits per heavy atom. The Morgan fingerprint density at radius 1 is 0.393 bits per heavy atom. The molecule has 2 saturated heterocycles. The van der Waals surface area contributed by atoms with Gasteiger partial charge >= 0.3 is 24.1 Å². The first-order valence-electron chi connectivity index (χ1n) is 45.1. The second-order valence-electron chi connectivity index (χ2n) is 39.4. The van der Waals surface area contributed by atoms with Crippen molar-refractivity contribution in [3.8, 4) is 45.0 Å². The van der Waals surface area contributed by atoms with Crippen molar-refractivity contribution in [2.45, 2.75) is 191 Å². The first-order valence-corrected chi connectivity index (χ1v) is 45.1. The summed E-state index contributed by atoms with van der Waals surface area (Å²) in [5, 5.41) is 44.6. The molecule has 1 unspecified atom stereocenters. The molecule has 0 radical (unpaired) electrons. The van der Waals surface area contributed by atoms with E-state index in [0.717, 1.165) is 67.9 Å². The number of rotatable bonds is 20. The number of benzene rings is 4. The van der Waals surface area contributed by atoms with E-state index >= 15 is 0 Å². The van der Waals surface area contributed by atoms with E-state index in [2.05, 4.69) is 57.2 Å². The van der Waals surface area contributed by atoms with Crippen molar-refractivity contribution in [1.82, 2.24) is 95.5 Å². The quantitative estimate of drug-likeness (QED) is 0.0275. The lowest BCUT2D eigenvalue weighted by Crippen LogP contribution is -2.55. The van der Waals surface area contributed by atoms with E-state index in [1.54, 1.807) is 9.80 Å². The minimum Gasteiger partial charge on any atom is -0.391 e. The average molecular weight is 1890 g/mol. The van der Waals surface area contributed by atoms with Crippen LogP contribution in [0.1, 0.15) is 147 Å². The first-order chi connectivity index (χ1) is 63.5. The molecule has 6 aliphatic rings. The van der Waals surface area contributed by atoms with Crippen molar-refractivity contribution in [1.29, 1.82) is 0 Å². The molecule has 14 rings (SSSR count). The Kier molecular flexibility index (Phi) is 34.1. The number of aliphatic hydroxyl groups excluding tert-OH is 1. The summed E-state index contributed by atoms with van der Waals surface area (Å²) in [4.78, 5) is 115. The largest absolute Gasteiger partial charge is 0.391 e. The van der Waals surface area contributed by atoms with Gasteiger partial charge in [0.05, 0.1) is 105 Å². The molecule has 8 amide bonds. The summed E-state index contributed by atoms with van der Waals surface area (Å²) < 4.78 is 136. The lowest BCUT2D eigenvalue weighted by atomic mass is 9.86. The van der Waals surface area contributed by atoms with Crippen molar-refractivity contribution in [3.63, 3.8) is 0 Å². The standard InChI is InChI=1S/C25H33F2N5O3.C24H33F2N5O3.C23H31F2N5O3.C23H28F2N4O4/c1-25(2,3)22(23(33)31-10-8-16(13-31)30(4)5)28-24(34)32-20-9-11-35-14-17(20)21(29-32)15-6-7-18(26)19(27)12-15;1-24(2,3)21(22(32)27-10-6-11-30(4)5)28-23(33)31-19-9-12-34-14-16(19)20(29-31)15-7-8-17(25)18(26)13-15;1-23(2,3)20(21(31)26-9-10-29(4)5)27-22(32)30-18-8-11-33-13-15(18)19(28-30)14-6-7-16(24)17(25)12-14;1-23(2,3)20(21(31)28-8-6-14(30)11-28)26-22(32)29-18-7-9-33-12-15(18)19(27-29)13-4-5-16(24)17(25)10-13/h6-7,12,16,22H,8-11,13-14H2,1-5H3,(H,28,34);7-8,13,21H,6,9-12,14H2,1-5H3,(H,27,32)(H,28,33);6-7,12,20H,8-11,13H2,1-5H3,(H,26,31)(H,27,32);4-5,10,14,20,30H,6-9,11-12H2,1-3H3,(H,26,32)/t16?,22-;21-;20-;14-,20+/m1110/s1. The summed E-state index contributed by atoms with van der Waals surface area (Å²) in [7, 11) is 11.7. The van der Waals surface area contributed by atoms with Gasteiger partial charge in [0.15, 0.2) is 46.5 Å². The third kappa shape index (κ3) is 25.7. The second kappa shape index (κ2) is 44.2. The molecule has 8 aromatic rings. The molecule has 0 bridgehead atoms. The first kappa shape index (κ1) is 104. The summed E-state index contributed by atoms with van der Waals surface area (Å²) in [6, 6.07) is 8.76. The van der Waals surface area contributed by atoms with Crippen LogP contribution < -0.4 is 31.9 Å². The molecule has 7 N–H and O–H groups in total. The molecule has 4 aromatic carbocycles. The van der Waals surface area contributed by atoms with Gasteiger partial charge in [0, 0.05) is 122 Å². The van der Waals surface area contributed by atoms with E-state index in [0.29, 0.717) is 188 Å². The van der Waals surface area contributed by atoms with E-state index < -0.39 is 123 Å². The van der Waals surface area contributed by atoms with Gasteiger partial charge in [-0.15, -0.1) is 0 Å². The number of nitrogens with one attached hydrogen (secondary N) is 6. The summed E-state index contributed by atoms with van der Waals surface area (Å²) in [6.45, 7) is 29.2. The Labute approximate surface area is 780 Å². The van der Waals surface area contributed by atoms with Gasteiger partial charge in [-0.05, 0) is 163 Å². The zero-order valence-electron chi connectivity index (χ0n) is 79.8. The summed E-state index contributed by atoms with van der Waals surface area (Å²) in [5.41, 5.74) is 5.59. The minimum atomic E-state index is -1.01. The molecule has 6 atom stereocenters. The highest BCUT2D eigenvalue weighted by Gasteiger charge is 2.44. The van der Waals surface area contributed by atoms with Gasteiger partial charge in [-0.25, -0.2) is 54.3 Å². The molecule has 2 fully saturated rings. The molecular formula is C95H125F8N19O13. The van der Waals surface area contributed by atoms with Crippen LogP contribution in [-0.2, 0) is 90.2 Å². The van der Waals surface area contributed by atoms with Crippen molar-refractivity contribution >= 4 is 47.8 Å². The van der Waals surface area contributed by atoms with Gasteiger partial charge in [0.1, 0.15) is 24.2 Å². The lowest BCUT2D eigenvalue weighted by molar-refractivity contribution is -0.135. The van der Waals surface area contributed by atoms with Gasteiger partial charge in [-0.2, -0.15) is 39.1 Å². The fourth-order valence-electron chi connectivity index (χ4n) is 16.4. The number of carbonyl (C=O) groups excluding carboxylic acids is 8. The number of likely N-dealkylation sites (tertiary alicyclic amines) is 2. The maximum Gasteiger partial charge on any atom is 0.343 e. The van der Waals surface area contributed by atoms with Crippen LogP contribution in [0.5, 0.6) is 0 Å². The molecule has 0 aliphatic carbocycles. The molecule has 32 nitrogen and oxygen atoms in total. The fourth-order valence-corrected chi connectivity index (χ4v) is 16.4. The van der Waals surface area contributed by atoms with Gasteiger partial charge in [0.25, 0.3) is 0 Å². The Bertz CT molecular complexity index is 5630. The topological polar surface area (TPSA) is 353 Å². The average Bonchev–Trinajstić information content (AvgIpc) is 1.63. The molecule has 4 aromatic heterocycles. The van der Waals surface area contributed by atoms with E-state index in [4.69, 9.17) is 18.9 Å². The number of likely N-dealkylation sites (N-methyl/N-ethyl adjacent to an activating group) is 2. The van der Waals surface area contributed by atoms with Gasteiger partial charge in [-0.1, -0.05) is 83.1 Å². The number of halogens is 8. The maximum absolute atomic E-state index is 13.9. The predicted molar refractivity (Wildman–Crippen MR) is 486 cm³/mol. The lowest BCUT2D eigenvalue weighted by Gasteiger charge is -2.33.